The summed E-state index contributed by atoms with van der Waals surface area (Å²) >= 11 is 0. The Morgan fingerprint density at radius 1 is 1.35 bits per heavy atom. The lowest BCUT2D eigenvalue weighted by atomic mass is 9.66. The lowest BCUT2D eigenvalue weighted by Gasteiger charge is -2.50. The topological polar surface area (TPSA) is 77.0 Å². The van der Waals surface area contributed by atoms with E-state index in [-0.39, 0.29) is 17.9 Å². The van der Waals surface area contributed by atoms with E-state index in [0.717, 1.165) is 50.0 Å². The van der Waals surface area contributed by atoms with Crippen molar-refractivity contribution in [3.8, 4) is 5.75 Å². The Morgan fingerprint density at radius 2 is 2.09 bits per heavy atom. The van der Waals surface area contributed by atoms with Gasteiger partial charge in [0.05, 0.1) is 19.3 Å². The molecule has 3 rings (SSSR count). The van der Waals surface area contributed by atoms with E-state index in [1.54, 1.807) is 7.11 Å². The predicted octanol–water partition coefficient (Wildman–Crippen LogP) is 0.432. The molecule has 1 aromatic carbocycles. The minimum atomic E-state index is -0.593. The molecule has 5 heteroatoms. The molecule has 1 saturated carbocycles. The number of ether oxygens (including phenoxy) is 1. The molecule has 0 spiro atoms. The van der Waals surface area contributed by atoms with Crippen molar-refractivity contribution in [1.29, 1.82) is 0 Å². The Labute approximate surface area is 137 Å². The van der Waals surface area contributed by atoms with E-state index in [4.69, 9.17) is 10.5 Å². The number of nitrogens with two attached hydrogens (primary N) is 1. The lowest BCUT2D eigenvalue weighted by molar-refractivity contribution is -0.937. The zero-order valence-corrected chi connectivity index (χ0v) is 13.8. The molecule has 1 aromatic rings. The number of quaternary nitrogens is 1. The Kier molecular flexibility index (Phi) is 4.60. The summed E-state index contributed by atoms with van der Waals surface area (Å²) in [4.78, 5) is 12.7. The molecule has 2 aliphatic rings. The molecule has 0 aromatic heterocycles. The van der Waals surface area contributed by atoms with Crippen LogP contribution in [0.4, 0.5) is 0 Å². The van der Waals surface area contributed by atoms with Gasteiger partial charge in [-0.05, 0) is 37.1 Å². The van der Waals surface area contributed by atoms with E-state index in [1.165, 1.54) is 4.90 Å². The van der Waals surface area contributed by atoms with Crippen molar-refractivity contribution in [3.05, 3.63) is 29.8 Å². The number of aliphatic hydroxyl groups is 1. The summed E-state index contributed by atoms with van der Waals surface area (Å²) in [5, 5.41) is 11.1. The van der Waals surface area contributed by atoms with Crippen LogP contribution in [0.1, 0.15) is 43.7 Å². The van der Waals surface area contributed by atoms with Crippen LogP contribution in [0, 0.1) is 5.92 Å². The van der Waals surface area contributed by atoms with Gasteiger partial charge in [-0.25, -0.2) is 0 Å². The average Bonchev–Trinajstić information content (AvgIpc) is 2.54. The zero-order valence-electron chi connectivity index (χ0n) is 13.8. The molecule has 1 heterocycles. The Bertz CT molecular complexity index is 560. The largest absolute Gasteiger partial charge is 0.497 e. The van der Waals surface area contributed by atoms with Crippen molar-refractivity contribution >= 4 is 5.91 Å². The van der Waals surface area contributed by atoms with Crippen LogP contribution < -0.4 is 15.4 Å². The molecule has 2 fully saturated rings. The number of primary amides is 1. The van der Waals surface area contributed by atoms with E-state index in [9.17, 15) is 9.90 Å². The summed E-state index contributed by atoms with van der Waals surface area (Å²) in [7, 11) is 1.65. The standard InChI is InChI=1S/C18H26N2O3/c1-23-14-7-5-13(6-8-14)17-15-4-2-3-9-18(15,22)10-11-20(17)12-16(19)21/h5-8,15,17,22H,2-4,9-12H2,1H3,(H2,19,21)/p+1/t15-,17-,18-/m0/s1. The SMILES string of the molecule is COc1ccc([C@H]2[C@@H]3CCCC[C@]3(O)CC[NH+]2CC(N)=O)cc1. The minimum Gasteiger partial charge on any atom is -0.497 e. The molecule has 4 atom stereocenters. The number of piperidine rings is 1. The number of methoxy groups -OCH3 is 1. The second kappa shape index (κ2) is 6.49. The number of rotatable bonds is 4. The molecule has 1 amide bonds. The normalized spacial score (nSPS) is 33.7. The van der Waals surface area contributed by atoms with Crippen molar-refractivity contribution in [2.75, 3.05) is 20.2 Å². The van der Waals surface area contributed by atoms with Crippen LogP contribution in [0.5, 0.6) is 5.75 Å². The van der Waals surface area contributed by atoms with Gasteiger partial charge < -0.3 is 20.5 Å². The summed E-state index contributed by atoms with van der Waals surface area (Å²) in [5.74, 6) is 0.729. The Balaban J connectivity index is 1.94. The highest BCUT2D eigenvalue weighted by Gasteiger charge is 2.51. The van der Waals surface area contributed by atoms with Gasteiger partial charge in [-0.2, -0.15) is 0 Å². The molecule has 0 bridgehead atoms. The van der Waals surface area contributed by atoms with Gasteiger partial charge in [0.15, 0.2) is 6.54 Å². The van der Waals surface area contributed by atoms with E-state index in [2.05, 4.69) is 12.1 Å². The third-order valence-corrected chi connectivity index (χ3v) is 5.66. The van der Waals surface area contributed by atoms with Crippen LogP contribution in [0.3, 0.4) is 0 Å². The van der Waals surface area contributed by atoms with Gasteiger partial charge in [0.2, 0.25) is 0 Å². The molecule has 0 radical (unpaired) electrons. The van der Waals surface area contributed by atoms with Crippen molar-refractivity contribution in [2.24, 2.45) is 11.7 Å². The minimum absolute atomic E-state index is 0.118. The maximum Gasteiger partial charge on any atom is 0.272 e. The fraction of sp³-hybridized carbons (Fsp3) is 0.611. The first-order valence-electron chi connectivity index (χ1n) is 8.53. The Morgan fingerprint density at radius 3 is 2.74 bits per heavy atom. The second-order valence-corrected chi connectivity index (χ2v) is 7.01. The molecule has 1 aliphatic carbocycles. The summed E-state index contributed by atoms with van der Waals surface area (Å²) in [6.07, 6.45) is 4.87. The van der Waals surface area contributed by atoms with Crippen LogP contribution in [-0.2, 0) is 4.79 Å². The predicted molar refractivity (Wildman–Crippen MR) is 87.2 cm³/mol. The van der Waals surface area contributed by atoms with Gasteiger partial charge in [-0.1, -0.05) is 12.8 Å². The number of hydrogen-bond donors (Lipinski definition) is 3. The van der Waals surface area contributed by atoms with Gasteiger partial charge in [-0.15, -0.1) is 0 Å². The van der Waals surface area contributed by atoms with E-state index >= 15 is 0 Å². The van der Waals surface area contributed by atoms with E-state index in [0.29, 0.717) is 6.54 Å². The van der Waals surface area contributed by atoms with E-state index in [1.807, 2.05) is 12.1 Å². The maximum absolute atomic E-state index is 11.5. The van der Waals surface area contributed by atoms with Crippen LogP contribution in [-0.4, -0.2) is 36.8 Å². The fourth-order valence-electron chi connectivity index (χ4n) is 4.56. The van der Waals surface area contributed by atoms with Crippen LogP contribution in [0.15, 0.2) is 24.3 Å². The summed E-state index contributed by atoms with van der Waals surface area (Å²) < 4.78 is 5.24. The first-order valence-corrected chi connectivity index (χ1v) is 8.53. The number of likely N-dealkylation sites (tertiary alicyclic amines) is 1. The monoisotopic (exact) mass is 319 g/mol. The van der Waals surface area contributed by atoms with Crippen molar-refractivity contribution in [2.45, 2.75) is 43.7 Å². The van der Waals surface area contributed by atoms with Gasteiger partial charge >= 0.3 is 0 Å². The molecule has 23 heavy (non-hydrogen) atoms. The molecule has 1 aliphatic heterocycles. The summed E-state index contributed by atoms with van der Waals surface area (Å²) in [5.41, 5.74) is 6.03. The van der Waals surface area contributed by atoms with Crippen molar-refractivity contribution < 1.29 is 19.5 Å². The highest BCUT2D eigenvalue weighted by molar-refractivity contribution is 5.74. The Hall–Kier alpha value is -1.59. The quantitative estimate of drug-likeness (QED) is 0.753. The number of fused-ring (bicyclic) bond motifs is 1. The van der Waals surface area contributed by atoms with Gasteiger partial charge in [0.25, 0.3) is 5.91 Å². The third-order valence-electron chi connectivity index (χ3n) is 5.66. The molecular formula is C18H27N2O3+. The fourth-order valence-corrected chi connectivity index (χ4v) is 4.56. The molecule has 1 unspecified atom stereocenters. The summed E-state index contributed by atoms with van der Waals surface area (Å²) in [6.45, 7) is 1.11. The third kappa shape index (κ3) is 3.21. The molecule has 1 saturated heterocycles. The molecule has 126 valence electrons. The highest BCUT2D eigenvalue weighted by atomic mass is 16.5. The molecule has 4 N–H and O–H groups in total. The molecule has 5 nitrogen and oxygen atoms in total. The van der Waals surface area contributed by atoms with Crippen molar-refractivity contribution in [3.63, 3.8) is 0 Å². The number of amides is 1. The number of nitrogens with one attached hydrogen (secondary N) is 1. The van der Waals surface area contributed by atoms with Gasteiger partial charge in [0, 0.05) is 17.9 Å². The van der Waals surface area contributed by atoms with Crippen LogP contribution >= 0.6 is 0 Å². The number of carbonyl (C=O) groups is 1. The second-order valence-electron chi connectivity index (χ2n) is 7.01. The average molecular weight is 319 g/mol. The first kappa shape index (κ1) is 16.3. The maximum atomic E-state index is 11.5. The van der Waals surface area contributed by atoms with Gasteiger partial charge in [0.1, 0.15) is 11.8 Å². The van der Waals surface area contributed by atoms with Crippen molar-refractivity contribution in [1.82, 2.24) is 0 Å². The van der Waals surface area contributed by atoms with E-state index < -0.39 is 5.60 Å². The smallest absolute Gasteiger partial charge is 0.272 e. The van der Waals surface area contributed by atoms with Crippen LogP contribution in [0.25, 0.3) is 0 Å². The highest BCUT2D eigenvalue weighted by Crippen LogP contribution is 2.44. The number of benzene rings is 1. The summed E-state index contributed by atoms with van der Waals surface area (Å²) in [6, 6.07) is 8.14. The van der Waals surface area contributed by atoms with Crippen LogP contribution in [0.2, 0.25) is 0 Å². The zero-order chi connectivity index (χ0) is 16.4. The lowest BCUT2D eigenvalue weighted by Crippen LogP contribution is -3.16. The first-order chi connectivity index (χ1) is 11.0. The number of hydrogen-bond acceptors (Lipinski definition) is 3. The van der Waals surface area contributed by atoms with Gasteiger partial charge in [-0.3, -0.25) is 4.79 Å². The number of carbonyl (C=O) groups excluding carboxylic acids is 1. The molecular weight excluding hydrogens is 292 g/mol.